The molecule has 2 rings (SSSR count). The van der Waals surface area contributed by atoms with E-state index in [4.69, 9.17) is 4.74 Å². The van der Waals surface area contributed by atoms with Crippen molar-refractivity contribution in [2.45, 2.75) is 32.3 Å². The molecule has 1 aromatic rings. The Balaban J connectivity index is 1.97. The first-order valence-corrected chi connectivity index (χ1v) is 9.63. The lowest BCUT2D eigenvalue weighted by molar-refractivity contribution is -0.151. The molecule has 6 nitrogen and oxygen atoms in total. The summed E-state index contributed by atoms with van der Waals surface area (Å²) in [5, 5.41) is 0. The molecule has 0 unspecified atom stereocenters. The Morgan fingerprint density at radius 3 is 2.42 bits per heavy atom. The lowest BCUT2D eigenvalue weighted by Crippen LogP contribution is -2.28. The molecule has 1 aliphatic carbocycles. The van der Waals surface area contributed by atoms with Gasteiger partial charge in [-0.1, -0.05) is 12.2 Å². The average Bonchev–Trinajstić information content (AvgIpc) is 2.54. The number of allylic oxidation sites excluding steroid dienone is 2. The fraction of sp³-hybridized carbons (Fsp3) is 0.412. The summed E-state index contributed by atoms with van der Waals surface area (Å²) in [6.07, 6.45) is 6.38. The summed E-state index contributed by atoms with van der Waals surface area (Å²) in [4.78, 5) is 24.4. The first kappa shape index (κ1) is 18.2. The summed E-state index contributed by atoms with van der Waals surface area (Å²) in [5.74, 6) is -0.859. The van der Waals surface area contributed by atoms with E-state index in [-0.39, 0.29) is 17.7 Å². The van der Waals surface area contributed by atoms with Gasteiger partial charge < -0.3 is 4.74 Å². The van der Waals surface area contributed by atoms with Crippen molar-refractivity contribution >= 4 is 27.5 Å². The van der Waals surface area contributed by atoms with Crippen molar-refractivity contribution in [1.82, 2.24) is 0 Å². The molecule has 0 radical (unpaired) electrons. The molecule has 130 valence electrons. The Morgan fingerprint density at radius 2 is 1.88 bits per heavy atom. The molecule has 0 saturated carbocycles. The first-order chi connectivity index (χ1) is 11.3. The highest BCUT2D eigenvalue weighted by Crippen LogP contribution is 2.21. The zero-order valence-corrected chi connectivity index (χ0v) is 14.5. The minimum atomic E-state index is -3.36. The molecule has 7 heteroatoms. The van der Waals surface area contributed by atoms with E-state index in [0.29, 0.717) is 17.7 Å². The van der Waals surface area contributed by atoms with Crippen LogP contribution in [-0.4, -0.2) is 32.5 Å². The number of hydrogen-bond acceptors (Lipinski definition) is 5. The maximum atomic E-state index is 12.3. The molecule has 0 saturated heterocycles. The minimum absolute atomic E-state index is 0.188. The molecule has 24 heavy (non-hydrogen) atoms. The number of carbonyl (C=O) groups is 2. The average molecular weight is 351 g/mol. The zero-order chi connectivity index (χ0) is 17.7. The number of sulfonamides is 1. The van der Waals surface area contributed by atoms with Gasteiger partial charge in [0.2, 0.25) is 15.8 Å². The molecule has 0 fully saturated rings. The molecule has 2 atom stereocenters. The highest BCUT2D eigenvalue weighted by molar-refractivity contribution is 7.92. The van der Waals surface area contributed by atoms with Gasteiger partial charge in [-0.05, 0) is 50.5 Å². The van der Waals surface area contributed by atoms with E-state index in [1.807, 2.05) is 12.2 Å². The van der Waals surface area contributed by atoms with Crippen molar-refractivity contribution in [2.24, 2.45) is 5.92 Å². The fourth-order valence-corrected chi connectivity index (χ4v) is 3.05. The maximum absolute atomic E-state index is 12.3. The lowest BCUT2D eigenvalue weighted by atomic mass is 9.94. The van der Waals surface area contributed by atoms with Gasteiger partial charge in [-0.3, -0.25) is 14.3 Å². The van der Waals surface area contributed by atoms with Crippen molar-refractivity contribution in [2.75, 3.05) is 11.0 Å². The SMILES string of the molecule is C[C@@H](OC(=O)[C@@H]1CC=CCC1)C(=O)c1ccc(NS(C)(=O)=O)cc1. The number of ether oxygens (including phenoxy) is 1. The lowest BCUT2D eigenvalue weighted by Gasteiger charge is -2.19. The van der Waals surface area contributed by atoms with Gasteiger partial charge in [-0.25, -0.2) is 8.42 Å². The normalized spacial score (nSPS) is 18.7. The number of hydrogen-bond donors (Lipinski definition) is 1. The predicted octanol–water partition coefficient (Wildman–Crippen LogP) is 2.53. The maximum Gasteiger partial charge on any atom is 0.309 e. The highest BCUT2D eigenvalue weighted by atomic mass is 32.2. The van der Waals surface area contributed by atoms with E-state index in [0.717, 1.165) is 19.1 Å². The number of benzene rings is 1. The molecule has 0 amide bonds. The molecule has 0 heterocycles. The molecule has 1 N–H and O–H groups in total. The van der Waals surface area contributed by atoms with Crippen molar-refractivity contribution in [3.05, 3.63) is 42.0 Å². The van der Waals surface area contributed by atoms with Crippen LogP contribution in [0.15, 0.2) is 36.4 Å². The van der Waals surface area contributed by atoms with Crippen molar-refractivity contribution < 1.29 is 22.7 Å². The second-order valence-electron chi connectivity index (χ2n) is 5.88. The van der Waals surface area contributed by atoms with E-state index >= 15 is 0 Å². The van der Waals surface area contributed by atoms with Crippen LogP contribution in [0.4, 0.5) is 5.69 Å². The van der Waals surface area contributed by atoms with E-state index in [2.05, 4.69) is 4.72 Å². The Hall–Kier alpha value is -2.15. The smallest absolute Gasteiger partial charge is 0.309 e. The standard InChI is InChI=1S/C17H21NO5S/c1-12(23-17(20)14-6-4-3-5-7-14)16(19)13-8-10-15(11-9-13)18-24(2,21)22/h3-4,8-12,14,18H,5-7H2,1-2H3/t12-,14-/m1/s1. The van der Waals surface area contributed by atoms with Gasteiger partial charge >= 0.3 is 5.97 Å². The van der Waals surface area contributed by atoms with Gasteiger partial charge in [0.15, 0.2) is 6.10 Å². The van der Waals surface area contributed by atoms with Gasteiger partial charge in [0.25, 0.3) is 0 Å². The number of anilines is 1. The molecular formula is C17H21NO5S. The number of ketones is 1. The molecule has 0 spiro atoms. The predicted molar refractivity (Wildman–Crippen MR) is 91.3 cm³/mol. The highest BCUT2D eigenvalue weighted by Gasteiger charge is 2.25. The minimum Gasteiger partial charge on any atom is -0.454 e. The zero-order valence-electron chi connectivity index (χ0n) is 13.7. The molecule has 0 bridgehead atoms. The molecule has 0 aromatic heterocycles. The molecule has 0 aliphatic heterocycles. The van der Waals surface area contributed by atoms with Crippen molar-refractivity contribution in [1.29, 1.82) is 0 Å². The summed E-state index contributed by atoms with van der Waals surface area (Å²) in [5.41, 5.74) is 0.727. The molecular weight excluding hydrogens is 330 g/mol. The van der Waals surface area contributed by atoms with Crippen LogP contribution in [0.25, 0.3) is 0 Å². The number of esters is 1. The van der Waals surface area contributed by atoms with Crippen LogP contribution in [0, 0.1) is 5.92 Å². The summed E-state index contributed by atoms with van der Waals surface area (Å²) in [7, 11) is -3.36. The van der Waals surface area contributed by atoms with Crippen LogP contribution in [0.1, 0.15) is 36.5 Å². The van der Waals surface area contributed by atoms with Gasteiger partial charge in [0.05, 0.1) is 12.2 Å². The molecule has 1 aromatic carbocycles. The molecule has 1 aliphatic rings. The second kappa shape index (κ2) is 7.61. The fourth-order valence-electron chi connectivity index (χ4n) is 2.48. The van der Waals surface area contributed by atoms with Crippen LogP contribution >= 0.6 is 0 Å². The Morgan fingerprint density at radius 1 is 1.21 bits per heavy atom. The largest absolute Gasteiger partial charge is 0.454 e. The number of Topliss-reactive ketones (excluding diaryl/α,β-unsaturated/α-hetero) is 1. The topological polar surface area (TPSA) is 89.5 Å². The van der Waals surface area contributed by atoms with Crippen molar-refractivity contribution in [3.8, 4) is 0 Å². The Bertz CT molecular complexity index is 737. The van der Waals surface area contributed by atoms with Gasteiger partial charge in [-0.15, -0.1) is 0 Å². The third-order valence-electron chi connectivity index (χ3n) is 3.74. The Kier molecular flexibility index (Phi) is 5.77. The number of nitrogens with one attached hydrogen (secondary N) is 1. The van der Waals surface area contributed by atoms with E-state index in [9.17, 15) is 18.0 Å². The van der Waals surface area contributed by atoms with E-state index in [1.165, 1.54) is 24.3 Å². The van der Waals surface area contributed by atoms with E-state index in [1.54, 1.807) is 6.92 Å². The quantitative estimate of drug-likeness (QED) is 0.483. The van der Waals surface area contributed by atoms with Crippen LogP contribution < -0.4 is 4.72 Å². The van der Waals surface area contributed by atoms with Gasteiger partial charge in [-0.2, -0.15) is 0 Å². The summed E-state index contributed by atoms with van der Waals surface area (Å²) < 4.78 is 29.9. The van der Waals surface area contributed by atoms with Crippen LogP contribution in [0.3, 0.4) is 0 Å². The number of rotatable bonds is 6. The van der Waals surface area contributed by atoms with Crippen LogP contribution in [0.2, 0.25) is 0 Å². The monoisotopic (exact) mass is 351 g/mol. The third-order valence-corrected chi connectivity index (χ3v) is 4.34. The van der Waals surface area contributed by atoms with Crippen LogP contribution in [0.5, 0.6) is 0 Å². The van der Waals surface area contributed by atoms with Gasteiger partial charge in [0.1, 0.15) is 0 Å². The van der Waals surface area contributed by atoms with Gasteiger partial charge in [0, 0.05) is 11.3 Å². The number of carbonyl (C=O) groups excluding carboxylic acids is 2. The summed E-state index contributed by atoms with van der Waals surface area (Å²) in [6.45, 7) is 1.54. The second-order valence-corrected chi connectivity index (χ2v) is 7.62. The summed E-state index contributed by atoms with van der Waals surface area (Å²) >= 11 is 0. The third kappa shape index (κ3) is 5.19. The summed E-state index contributed by atoms with van der Waals surface area (Å²) in [6, 6.07) is 6.00. The van der Waals surface area contributed by atoms with Crippen molar-refractivity contribution in [3.63, 3.8) is 0 Å². The first-order valence-electron chi connectivity index (χ1n) is 7.74. The van der Waals surface area contributed by atoms with Crippen LogP contribution in [-0.2, 0) is 19.6 Å². The van der Waals surface area contributed by atoms with E-state index < -0.39 is 16.1 Å². The Labute approximate surface area is 141 Å².